The number of nitrogens with zero attached hydrogens (tertiary/aromatic N) is 4. The third kappa shape index (κ3) is 5.02. The van der Waals surface area contributed by atoms with Gasteiger partial charge in [0.2, 0.25) is 0 Å². The Morgan fingerprint density at radius 1 is 1.30 bits per heavy atom. The normalized spacial score (nSPS) is 21.4. The van der Waals surface area contributed by atoms with E-state index in [-0.39, 0.29) is 19.1 Å². The lowest BCUT2D eigenvalue weighted by Crippen LogP contribution is -2.33. The maximum atomic E-state index is 9.68. The fourth-order valence-corrected chi connectivity index (χ4v) is 3.10. The molecule has 0 radical (unpaired) electrons. The number of aromatic nitrogens is 2. The zero-order valence-electron chi connectivity index (χ0n) is 14.3. The molecule has 2 rings (SSSR count). The molecule has 130 valence electrons. The molecule has 0 saturated carbocycles. The van der Waals surface area contributed by atoms with Crippen molar-refractivity contribution in [2.45, 2.75) is 19.9 Å². The Balaban J connectivity index is 2.03. The van der Waals surface area contributed by atoms with Crippen LogP contribution in [0.3, 0.4) is 0 Å². The van der Waals surface area contributed by atoms with Gasteiger partial charge in [0.15, 0.2) is 0 Å². The van der Waals surface area contributed by atoms with Crippen LogP contribution in [0.1, 0.15) is 13.8 Å². The van der Waals surface area contributed by atoms with E-state index in [0.717, 1.165) is 31.3 Å². The molecule has 0 spiro atoms. The summed E-state index contributed by atoms with van der Waals surface area (Å²) in [5, 5.41) is 22.0. The van der Waals surface area contributed by atoms with Gasteiger partial charge in [-0.2, -0.15) is 0 Å². The summed E-state index contributed by atoms with van der Waals surface area (Å²) in [4.78, 5) is 13.0. The SMILES string of the molecule is CC(C)Nc1cc(N2CC(CO)C(CN(C)CCO)C2)ncn1. The van der Waals surface area contributed by atoms with Crippen molar-refractivity contribution in [2.75, 3.05) is 56.7 Å². The first-order chi connectivity index (χ1) is 11.0. The van der Waals surface area contributed by atoms with Gasteiger partial charge in [-0.3, -0.25) is 0 Å². The molecule has 23 heavy (non-hydrogen) atoms. The molecule has 0 bridgehead atoms. The van der Waals surface area contributed by atoms with Crippen LogP contribution in [-0.4, -0.2) is 77.6 Å². The van der Waals surface area contributed by atoms with E-state index >= 15 is 0 Å². The molecule has 2 atom stereocenters. The smallest absolute Gasteiger partial charge is 0.134 e. The summed E-state index contributed by atoms with van der Waals surface area (Å²) < 4.78 is 0. The maximum absolute atomic E-state index is 9.68. The zero-order valence-corrected chi connectivity index (χ0v) is 14.3. The highest BCUT2D eigenvalue weighted by Crippen LogP contribution is 2.28. The first-order valence-electron chi connectivity index (χ1n) is 8.27. The van der Waals surface area contributed by atoms with Crippen LogP contribution in [0.4, 0.5) is 11.6 Å². The number of nitrogens with one attached hydrogen (secondary N) is 1. The second kappa shape index (κ2) is 8.42. The van der Waals surface area contributed by atoms with Gasteiger partial charge >= 0.3 is 0 Å². The standard InChI is InChI=1S/C16H29N5O2/c1-12(2)19-15-6-16(18-11-17-15)21-8-13(14(9-21)10-23)7-20(3)4-5-22/h6,11-14,22-23H,4-5,7-10H2,1-3H3,(H,17,18,19). The number of aliphatic hydroxyl groups excluding tert-OH is 2. The van der Waals surface area contributed by atoms with Crippen molar-refractivity contribution in [1.29, 1.82) is 0 Å². The highest BCUT2D eigenvalue weighted by molar-refractivity contribution is 5.49. The van der Waals surface area contributed by atoms with Gasteiger partial charge in [-0.25, -0.2) is 9.97 Å². The predicted octanol–water partition coefficient (Wildman–Crippen LogP) is 0.266. The van der Waals surface area contributed by atoms with Gasteiger partial charge in [-0.15, -0.1) is 0 Å². The van der Waals surface area contributed by atoms with Crippen LogP contribution in [0.15, 0.2) is 12.4 Å². The van der Waals surface area contributed by atoms with Crippen LogP contribution in [-0.2, 0) is 0 Å². The predicted molar refractivity (Wildman–Crippen MR) is 91.7 cm³/mol. The largest absolute Gasteiger partial charge is 0.396 e. The molecule has 1 aliphatic heterocycles. The molecule has 1 aromatic rings. The number of hydrogen-bond acceptors (Lipinski definition) is 7. The molecule has 7 nitrogen and oxygen atoms in total. The van der Waals surface area contributed by atoms with E-state index in [0.29, 0.717) is 18.5 Å². The van der Waals surface area contributed by atoms with Crippen LogP contribution in [0.2, 0.25) is 0 Å². The average molecular weight is 323 g/mol. The summed E-state index contributed by atoms with van der Waals surface area (Å²) in [6, 6.07) is 2.29. The van der Waals surface area contributed by atoms with Crippen LogP contribution in [0.25, 0.3) is 0 Å². The number of rotatable bonds is 8. The molecule has 2 heterocycles. The number of hydrogen-bond donors (Lipinski definition) is 3. The lowest BCUT2D eigenvalue weighted by atomic mass is 9.96. The van der Waals surface area contributed by atoms with Gasteiger partial charge in [0.25, 0.3) is 0 Å². The number of anilines is 2. The minimum Gasteiger partial charge on any atom is -0.396 e. The summed E-state index contributed by atoms with van der Waals surface area (Å²) in [6.45, 7) is 7.67. The summed E-state index contributed by atoms with van der Waals surface area (Å²) in [5.74, 6) is 2.32. The monoisotopic (exact) mass is 323 g/mol. The molecule has 1 saturated heterocycles. The zero-order chi connectivity index (χ0) is 16.8. The Morgan fingerprint density at radius 2 is 2.04 bits per heavy atom. The van der Waals surface area contributed by atoms with E-state index in [4.69, 9.17) is 5.11 Å². The molecule has 7 heteroatoms. The van der Waals surface area contributed by atoms with Crippen LogP contribution < -0.4 is 10.2 Å². The molecular weight excluding hydrogens is 294 g/mol. The Kier molecular flexibility index (Phi) is 6.56. The topological polar surface area (TPSA) is 84.8 Å². The molecule has 0 aliphatic carbocycles. The van der Waals surface area contributed by atoms with Crippen molar-refractivity contribution >= 4 is 11.6 Å². The van der Waals surface area contributed by atoms with E-state index in [1.165, 1.54) is 0 Å². The lowest BCUT2D eigenvalue weighted by molar-refractivity contribution is 0.160. The van der Waals surface area contributed by atoms with Crippen molar-refractivity contribution in [1.82, 2.24) is 14.9 Å². The second-order valence-electron chi connectivity index (χ2n) is 6.65. The van der Waals surface area contributed by atoms with E-state index < -0.39 is 0 Å². The maximum Gasteiger partial charge on any atom is 0.134 e. The Hall–Kier alpha value is -1.44. The first-order valence-corrected chi connectivity index (χ1v) is 8.27. The Labute approximate surface area is 138 Å². The van der Waals surface area contributed by atoms with E-state index in [9.17, 15) is 5.11 Å². The van der Waals surface area contributed by atoms with E-state index in [2.05, 4.69) is 38.9 Å². The van der Waals surface area contributed by atoms with E-state index in [1.807, 2.05) is 13.1 Å². The number of aliphatic hydroxyl groups is 2. The molecular formula is C16H29N5O2. The van der Waals surface area contributed by atoms with Crippen LogP contribution in [0.5, 0.6) is 0 Å². The second-order valence-corrected chi connectivity index (χ2v) is 6.65. The van der Waals surface area contributed by atoms with Crippen molar-refractivity contribution in [3.63, 3.8) is 0 Å². The van der Waals surface area contributed by atoms with Crippen molar-refractivity contribution in [3.05, 3.63) is 12.4 Å². The minimum absolute atomic E-state index is 0.160. The van der Waals surface area contributed by atoms with Crippen LogP contribution >= 0.6 is 0 Å². The first kappa shape index (κ1) is 17.9. The Morgan fingerprint density at radius 3 is 2.70 bits per heavy atom. The minimum atomic E-state index is 0.160. The van der Waals surface area contributed by atoms with Gasteiger partial charge in [0.1, 0.15) is 18.0 Å². The molecule has 1 fully saturated rings. The molecule has 1 aliphatic rings. The van der Waals surface area contributed by atoms with Crippen LogP contribution in [0, 0.1) is 11.8 Å². The van der Waals surface area contributed by atoms with Gasteiger partial charge in [0, 0.05) is 50.8 Å². The summed E-state index contributed by atoms with van der Waals surface area (Å²) in [5.41, 5.74) is 0. The molecule has 0 aromatic carbocycles. The highest BCUT2D eigenvalue weighted by Gasteiger charge is 2.33. The molecule has 0 amide bonds. The lowest BCUT2D eigenvalue weighted by Gasteiger charge is -2.23. The Bertz CT molecular complexity index is 485. The average Bonchev–Trinajstić information content (AvgIpc) is 2.90. The third-order valence-corrected chi connectivity index (χ3v) is 4.25. The summed E-state index contributed by atoms with van der Waals surface area (Å²) >= 11 is 0. The van der Waals surface area contributed by atoms with Crippen molar-refractivity contribution in [2.24, 2.45) is 11.8 Å². The molecule has 2 unspecified atom stereocenters. The fourth-order valence-electron chi connectivity index (χ4n) is 3.10. The molecule has 1 aromatic heterocycles. The van der Waals surface area contributed by atoms with Gasteiger partial charge < -0.3 is 25.3 Å². The van der Waals surface area contributed by atoms with Gasteiger partial charge in [-0.1, -0.05) is 0 Å². The summed E-state index contributed by atoms with van der Waals surface area (Å²) in [7, 11) is 2.00. The summed E-state index contributed by atoms with van der Waals surface area (Å²) in [6.07, 6.45) is 1.58. The molecule has 3 N–H and O–H groups in total. The van der Waals surface area contributed by atoms with Crippen molar-refractivity contribution in [3.8, 4) is 0 Å². The van der Waals surface area contributed by atoms with Crippen molar-refractivity contribution < 1.29 is 10.2 Å². The quantitative estimate of drug-likeness (QED) is 0.633. The number of likely N-dealkylation sites (N-methyl/N-ethyl adjacent to an activating group) is 1. The third-order valence-electron chi connectivity index (χ3n) is 4.25. The van der Waals surface area contributed by atoms with Gasteiger partial charge in [0.05, 0.1) is 6.61 Å². The fraction of sp³-hybridized carbons (Fsp3) is 0.750. The highest BCUT2D eigenvalue weighted by atomic mass is 16.3. The van der Waals surface area contributed by atoms with Gasteiger partial charge in [-0.05, 0) is 26.8 Å². The van der Waals surface area contributed by atoms with E-state index in [1.54, 1.807) is 6.33 Å².